The number of piperidine rings is 1. The van der Waals surface area contributed by atoms with Crippen molar-refractivity contribution in [3.63, 3.8) is 0 Å². The SMILES string of the molecule is O=C(NSC1CC1)c1ccc2nc(CN3CCCCC3)[nH]c2c1. The molecule has 2 aromatic rings. The van der Waals surface area contributed by atoms with Gasteiger partial charge in [0.1, 0.15) is 5.82 Å². The molecule has 1 aromatic carbocycles. The zero-order chi connectivity index (χ0) is 15.6. The van der Waals surface area contributed by atoms with E-state index in [9.17, 15) is 4.79 Å². The molecule has 23 heavy (non-hydrogen) atoms. The van der Waals surface area contributed by atoms with E-state index >= 15 is 0 Å². The molecule has 0 radical (unpaired) electrons. The van der Waals surface area contributed by atoms with Crippen molar-refractivity contribution in [2.75, 3.05) is 13.1 Å². The van der Waals surface area contributed by atoms with Crippen molar-refractivity contribution in [1.29, 1.82) is 0 Å². The Kier molecular flexibility index (Phi) is 4.27. The Morgan fingerprint density at radius 2 is 2.13 bits per heavy atom. The second-order valence-corrected chi connectivity index (χ2v) is 7.61. The smallest absolute Gasteiger partial charge is 0.261 e. The number of aromatic amines is 1. The molecule has 1 saturated carbocycles. The first-order valence-electron chi connectivity index (χ1n) is 8.45. The average Bonchev–Trinajstić information content (AvgIpc) is 3.32. The third-order valence-corrected chi connectivity index (χ3v) is 5.57. The molecule has 5 nitrogen and oxygen atoms in total. The molecule has 1 aromatic heterocycles. The van der Waals surface area contributed by atoms with Gasteiger partial charge in [-0.2, -0.15) is 0 Å². The van der Waals surface area contributed by atoms with Crippen LogP contribution in [0.1, 0.15) is 48.3 Å². The van der Waals surface area contributed by atoms with Crippen LogP contribution in [0.4, 0.5) is 0 Å². The van der Waals surface area contributed by atoms with E-state index in [1.165, 1.54) is 32.1 Å². The number of hydrogen-bond acceptors (Lipinski definition) is 4. The van der Waals surface area contributed by atoms with Crippen LogP contribution in [-0.2, 0) is 6.54 Å². The van der Waals surface area contributed by atoms with Crippen molar-refractivity contribution >= 4 is 28.9 Å². The third-order valence-electron chi connectivity index (χ3n) is 4.46. The molecular weight excluding hydrogens is 308 g/mol. The lowest BCUT2D eigenvalue weighted by Crippen LogP contribution is -2.29. The molecule has 6 heteroatoms. The summed E-state index contributed by atoms with van der Waals surface area (Å²) in [7, 11) is 0. The Bertz CT molecular complexity index is 704. The minimum Gasteiger partial charge on any atom is -0.341 e. The summed E-state index contributed by atoms with van der Waals surface area (Å²) >= 11 is 1.55. The molecule has 2 heterocycles. The first-order chi connectivity index (χ1) is 11.3. The van der Waals surface area contributed by atoms with Gasteiger partial charge in [-0.1, -0.05) is 6.42 Å². The topological polar surface area (TPSA) is 61.0 Å². The van der Waals surface area contributed by atoms with E-state index in [0.717, 1.165) is 36.5 Å². The number of benzene rings is 1. The number of aromatic nitrogens is 2. The molecular formula is C17H22N4OS. The Labute approximate surface area is 140 Å². The summed E-state index contributed by atoms with van der Waals surface area (Å²) in [6, 6.07) is 5.70. The number of carbonyl (C=O) groups is 1. The van der Waals surface area contributed by atoms with E-state index < -0.39 is 0 Å². The van der Waals surface area contributed by atoms with E-state index in [-0.39, 0.29) is 5.91 Å². The fraction of sp³-hybridized carbons (Fsp3) is 0.529. The van der Waals surface area contributed by atoms with Gasteiger partial charge in [-0.25, -0.2) is 4.98 Å². The van der Waals surface area contributed by atoms with Crippen molar-refractivity contribution in [3.05, 3.63) is 29.6 Å². The van der Waals surface area contributed by atoms with E-state index in [4.69, 9.17) is 0 Å². The number of fused-ring (bicyclic) bond motifs is 1. The van der Waals surface area contributed by atoms with Gasteiger partial charge in [-0.05, 0) is 68.9 Å². The number of H-pyrrole nitrogens is 1. The Hall–Kier alpha value is -1.53. The molecule has 2 N–H and O–H groups in total. The summed E-state index contributed by atoms with van der Waals surface area (Å²) < 4.78 is 2.93. The molecule has 0 unspecified atom stereocenters. The van der Waals surface area contributed by atoms with E-state index in [0.29, 0.717) is 10.8 Å². The molecule has 1 saturated heterocycles. The van der Waals surface area contributed by atoms with E-state index in [1.54, 1.807) is 11.9 Å². The second-order valence-electron chi connectivity index (χ2n) is 6.50. The maximum Gasteiger partial charge on any atom is 0.261 e. The van der Waals surface area contributed by atoms with Crippen molar-refractivity contribution in [2.24, 2.45) is 0 Å². The first-order valence-corrected chi connectivity index (χ1v) is 9.33. The van der Waals surface area contributed by atoms with Crippen LogP contribution in [0, 0.1) is 0 Å². The Balaban J connectivity index is 1.46. The number of amides is 1. The molecule has 1 aliphatic carbocycles. The third kappa shape index (κ3) is 3.70. The summed E-state index contributed by atoms with van der Waals surface area (Å²) in [5.74, 6) is 0.975. The predicted molar refractivity (Wildman–Crippen MR) is 93.3 cm³/mol. The molecule has 2 aliphatic rings. The molecule has 0 atom stereocenters. The van der Waals surface area contributed by atoms with Gasteiger partial charge in [-0.15, -0.1) is 0 Å². The number of likely N-dealkylation sites (tertiary alicyclic amines) is 1. The highest BCUT2D eigenvalue weighted by molar-refractivity contribution is 7.98. The highest BCUT2D eigenvalue weighted by atomic mass is 32.2. The number of hydrogen-bond donors (Lipinski definition) is 2. The highest BCUT2D eigenvalue weighted by Crippen LogP contribution is 2.32. The zero-order valence-corrected chi connectivity index (χ0v) is 14.0. The van der Waals surface area contributed by atoms with Crippen molar-refractivity contribution < 1.29 is 4.79 Å². The number of imidazole rings is 1. The van der Waals surface area contributed by atoms with Gasteiger partial charge in [0, 0.05) is 10.8 Å². The van der Waals surface area contributed by atoms with Crippen LogP contribution < -0.4 is 4.72 Å². The van der Waals surface area contributed by atoms with Crippen molar-refractivity contribution in [1.82, 2.24) is 19.6 Å². The lowest BCUT2D eigenvalue weighted by molar-refractivity contribution is 0.0984. The summed E-state index contributed by atoms with van der Waals surface area (Å²) in [5, 5.41) is 0.617. The molecule has 122 valence electrons. The minimum absolute atomic E-state index is 0.0176. The van der Waals surface area contributed by atoms with Crippen LogP contribution >= 0.6 is 11.9 Å². The van der Waals surface area contributed by atoms with Gasteiger partial charge < -0.3 is 4.98 Å². The molecule has 0 bridgehead atoms. The van der Waals surface area contributed by atoms with E-state index in [2.05, 4.69) is 19.6 Å². The van der Waals surface area contributed by atoms with Crippen LogP contribution in [0.2, 0.25) is 0 Å². The maximum atomic E-state index is 12.2. The van der Waals surface area contributed by atoms with E-state index in [1.807, 2.05) is 18.2 Å². The predicted octanol–water partition coefficient (Wildman–Crippen LogP) is 3.09. The van der Waals surface area contributed by atoms with Crippen LogP contribution in [0.5, 0.6) is 0 Å². The largest absolute Gasteiger partial charge is 0.341 e. The maximum absolute atomic E-state index is 12.2. The Morgan fingerprint density at radius 3 is 2.91 bits per heavy atom. The van der Waals surface area contributed by atoms with Gasteiger partial charge in [0.15, 0.2) is 0 Å². The van der Waals surface area contributed by atoms with Gasteiger partial charge in [-0.3, -0.25) is 14.4 Å². The minimum atomic E-state index is -0.0176. The molecule has 1 amide bonds. The quantitative estimate of drug-likeness (QED) is 0.827. The van der Waals surface area contributed by atoms with Crippen LogP contribution in [0.3, 0.4) is 0 Å². The van der Waals surface area contributed by atoms with Crippen LogP contribution in [-0.4, -0.2) is 39.1 Å². The number of carbonyl (C=O) groups excluding carboxylic acids is 1. The fourth-order valence-corrected chi connectivity index (χ4v) is 3.75. The van der Waals surface area contributed by atoms with Gasteiger partial charge in [0.05, 0.1) is 17.6 Å². The monoisotopic (exact) mass is 330 g/mol. The van der Waals surface area contributed by atoms with Crippen molar-refractivity contribution in [3.8, 4) is 0 Å². The molecule has 4 rings (SSSR count). The second kappa shape index (κ2) is 6.53. The van der Waals surface area contributed by atoms with Crippen molar-refractivity contribution in [2.45, 2.75) is 43.9 Å². The van der Waals surface area contributed by atoms with Gasteiger partial charge in [0.25, 0.3) is 5.91 Å². The summed E-state index contributed by atoms with van der Waals surface area (Å²) in [5.41, 5.74) is 2.57. The number of nitrogens with one attached hydrogen (secondary N) is 2. The van der Waals surface area contributed by atoms with Crippen LogP contribution in [0.25, 0.3) is 11.0 Å². The fourth-order valence-electron chi connectivity index (χ4n) is 2.99. The standard InChI is InChI=1S/C17H22N4OS/c22-17(20-23-13-5-6-13)12-4-7-14-15(10-12)19-16(18-14)11-21-8-2-1-3-9-21/h4,7,10,13H,1-3,5-6,8-9,11H2,(H,18,19)(H,20,22). The van der Waals surface area contributed by atoms with Crippen LogP contribution in [0.15, 0.2) is 18.2 Å². The lowest BCUT2D eigenvalue weighted by Gasteiger charge is -2.25. The summed E-state index contributed by atoms with van der Waals surface area (Å²) in [6.45, 7) is 3.18. The number of nitrogens with zero attached hydrogens (tertiary/aromatic N) is 2. The first kappa shape index (κ1) is 15.0. The van der Waals surface area contributed by atoms with Gasteiger partial charge in [0.2, 0.25) is 0 Å². The zero-order valence-electron chi connectivity index (χ0n) is 13.2. The summed E-state index contributed by atoms with van der Waals surface area (Å²) in [4.78, 5) is 22.6. The number of rotatable bonds is 5. The molecule has 1 aliphatic heterocycles. The highest BCUT2D eigenvalue weighted by Gasteiger charge is 2.23. The molecule has 0 spiro atoms. The normalized spacial score (nSPS) is 19.1. The van der Waals surface area contributed by atoms with Gasteiger partial charge >= 0.3 is 0 Å². The lowest BCUT2D eigenvalue weighted by atomic mass is 10.1. The Morgan fingerprint density at radius 1 is 1.30 bits per heavy atom. The molecule has 2 fully saturated rings. The summed E-state index contributed by atoms with van der Waals surface area (Å²) in [6.07, 6.45) is 6.33. The average molecular weight is 330 g/mol.